The summed E-state index contributed by atoms with van der Waals surface area (Å²) in [6, 6.07) is 20.0. The molecule has 1 spiro atoms. The van der Waals surface area contributed by atoms with E-state index in [0.717, 1.165) is 106 Å². The van der Waals surface area contributed by atoms with Crippen molar-refractivity contribution in [2.24, 2.45) is 10.4 Å². The third kappa shape index (κ3) is 7.57. The van der Waals surface area contributed by atoms with Crippen LogP contribution in [0, 0.1) is 37.5 Å². The Labute approximate surface area is 354 Å². The van der Waals surface area contributed by atoms with Crippen molar-refractivity contribution in [2.75, 3.05) is 36.0 Å². The summed E-state index contributed by atoms with van der Waals surface area (Å²) < 4.78 is 8.33. The predicted octanol–water partition coefficient (Wildman–Crippen LogP) is 8.49. The molecule has 14 heteroatoms. The average Bonchev–Trinajstić information content (AvgIpc) is 3.91. The summed E-state index contributed by atoms with van der Waals surface area (Å²) in [4.78, 5) is 24.6. The Hall–Kier alpha value is -5.32. The fourth-order valence-electron chi connectivity index (χ4n) is 9.32. The van der Waals surface area contributed by atoms with Gasteiger partial charge in [0, 0.05) is 60.0 Å². The molecule has 1 saturated carbocycles. The second-order valence-electron chi connectivity index (χ2n) is 16.6. The maximum atomic E-state index is 13.1. The SMILES string of the molecule is CC[C@@H]1N=C(c2ccc(N3CCC4(CC3)CCN(c3ccc(C(=O)NC5CCC(Oc6ccc(C#N)c(Cl)c6)CC5)nn3)C4)cc2)c2c(sc(C)c2C)-n2c(C)nnc21. The largest absolute Gasteiger partial charge is 0.490 e. The summed E-state index contributed by atoms with van der Waals surface area (Å²) in [5.74, 6) is 3.12. The number of benzene rings is 2. The smallest absolute Gasteiger partial charge is 0.272 e. The number of aromatic nitrogens is 5. The molecule has 2 aromatic carbocycles. The topological polar surface area (TPSA) is 137 Å². The van der Waals surface area contributed by atoms with Crippen LogP contribution in [-0.4, -0.2) is 74.9 Å². The van der Waals surface area contributed by atoms with Crippen molar-refractivity contribution in [3.8, 4) is 16.8 Å². The standard InChI is InChI=1S/C45H49ClN10O2S/c1-5-37-42-53-50-29(4)56(42)44-40(27(2)28(3)59-44)41(49-37)30-6-11-33(12-7-30)54-21-18-45(19-22-54)20-23-55(26-45)39-17-16-38(51-52-39)43(57)48-32-9-14-34(15-10-32)58-35-13-8-31(25-47)36(46)24-35/h6-8,11-13,16-17,24,32,34,37H,5,9-10,14-15,18-23,26H2,1-4H3,(H,48,57)/t32?,34?,37-/m0/s1. The lowest BCUT2D eigenvalue weighted by molar-refractivity contribution is 0.0888. The number of nitrogens with zero attached hydrogens (tertiary/aromatic N) is 9. The molecule has 1 atom stereocenters. The van der Waals surface area contributed by atoms with Crippen LogP contribution in [0.1, 0.15) is 114 Å². The number of hydrogen-bond donors (Lipinski definition) is 1. The number of piperidine rings is 1. The number of amides is 1. The van der Waals surface area contributed by atoms with Gasteiger partial charge in [-0.25, -0.2) is 0 Å². The van der Waals surface area contributed by atoms with Crippen molar-refractivity contribution in [1.29, 1.82) is 5.26 Å². The Bertz CT molecular complexity index is 2440. The minimum atomic E-state index is -0.195. The molecule has 1 amide bonds. The zero-order valence-corrected chi connectivity index (χ0v) is 35.6. The molecule has 0 bridgehead atoms. The zero-order valence-electron chi connectivity index (χ0n) is 34.0. The molecule has 3 fully saturated rings. The summed E-state index contributed by atoms with van der Waals surface area (Å²) in [5, 5.41) is 31.7. The number of aryl methyl sites for hydroxylation is 2. The number of aliphatic imine (C=N–C) groups is 1. The van der Waals surface area contributed by atoms with Gasteiger partial charge < -0.3 is 19.9 Å². The van der Waals surface area contributed by atoms with Crippen LogP contribution in [0.5, 0.6) is 5.75 Å². The van der Waals surface area contributed by atoms with Crippen molar-refractivity contribution in [3.05, 3.63) is 104 Å². The molecular weight excluding hydrogens is 780 g/mol. The molecule has 4 aliphatic rings. The molecule has 1 N–H and O–H groups in total. The summed E-state index contributed by atoms with van der Waals surface area (Å²) >= 11 is 7.97. The average molecular weight is 829 g/mol. The summed E-state index contributed by atoms with van der Waals surface area (Å²) in [6.45, 7) is 12.5. The minimum absolute atomic E-state index is 0.0373. The van der Waals surface area contributed by atoms with Gasteiger partial charge in [-0.05, 0) is 120 Å². The first kappa shape index (κ1) is 39.2. The van der Waals surface area contributed by atoms with E-state index in [1.807, 2.05) is 13.0 Å². The molecule has 2 saturated heterocycles. The Morgan fingerprint density at radius 2 is 1.69 bits per heavy atom. The Kier molecular flexibility index (Phi) is 10.6. The lowest BCUT2D eigenvalue weighted by Crippen LogP contribution is -2.41. The number of carbonyl (C=O) groups excluding carboxylic acids is 1. The molecule has 12 nitrogen and oxygen atoms in total. The summed E-state index contributed by atoms with van der Waals surface area (Å²) in [5.41, 5.74) is 6.91. The van der Waals surface area contributed by atoms with E-state index in [2.05, 4.69) is 91.2 Å². The van der Waals surface area contributed by atoms with Gasteiger partial charge in [0.25, 0.3) is 5.91 Å². The second-order valence-corrected chi connectivity index (χ2v) is 18.2. The molecular formula is C45H49ClN10O2S. The highest BCUT2D eigenvalue weighted by Crippen LogP contribution is 2.43. The lowest BCUT2D eigenvalue weighted by Gasteiger charge is -2.40. The maximum Gasteiger partial charge on any atom is 0.272 e. The molecule has 9 rings (SSSR count). The van der Waals surface area contributed by atoms with Crippen LogP contribution < -0.4 is 19.9 Å². The van der Waals surface area contributed by atoms with Gasteiger partial charge in [0.2, 0.25) is 0 Å². The molecule has 6 heterocycles. The van der Waals surface area contributed by atoms with Crippen molar-refractivity contribution in [2.45, 2.75) is 97.2 Å². The van der Waals surface area contributed by atoms with Crippen molar-refractivity contribution in [3.63, 3.8) is 0 Å². The van der Waals surface area contributed by atoms with E-state index in [1.165, 1.54) is 26.7 Å². The Morgan fingerprint density at radius 3 is 2.37 bits per heavy atom. The Balaban J connectivity index is 0.779. The van der Waals surface area contributed by atoms with Crippen LogP contribution in [0.25, 0.3) is 5.00 Å². The van der Waals surface area contributed by atoms with E-state index in [-0.39, 0.29) is 29.5 Å². The lowest BCUT2D eigenvalue weighted by atomic mass is 9.77. The maximum absolute atomic E-state index is 13.1. The van der Waals surface area contributed by atoms with Crippen molar-refractivity contribution >= 4 is 46.1 Å². The molecule has 3 aromatic heterocycles. The number of nitrogens with one attached hydrogen (secondary N) is 1. The molecule has 3 aliphatic heterocycles. The highest BCUT2D eigenvalue weighted by Gasteiger charge is 2.41. The van der Waals surface area contributed by atoms with E-state index >= 15 is 0 Å². The summed E-state index contributed by atoms with van der Waals surface area (Å²) in [6.07, 6.45) is 7.49. The number of thiophene rings is 1. The van der Waals surface area contributed by atoms with Gasteiger partial charge >= 0.3 is 0 Å². The van der Waals surface area contributed by atoms with Crippen LogP contribution in [0.15, 0.2) is 59.6 Å². The quantitative estimate of drug-likeness (QED) is 0.163. The number of anilines is 2. The number of fused-ring (bicyclic) bond motifs is 3. The van der Waals surface area contributed by atoms with Gasteiger partial charge in [0.15, 0.2) is 17.3 Å². The van der Waals surface area contributed by atoms with E-state index in [4.69, 9.17) is 26.6 Å². The number of rotatable bonds is 8. The first-order valence-electron chi connectivity index (χ1n) is 20.8. The molecule has 0 radical (unpaired) electrons. The molecule has 1 aliphatic carbocycles. The van der Waals surface area contributed by atoms with Crippen LogP contribution in [0.4, 0.5) is 11.5 Å². The van der Waals surface area contributed by atoms with Crippen LogP contribution >= 0.6 is 22.9 Å². The van der Waals surface area contributed by atoms with E-state index in [1.54, 1.807) is 35.6 Å². The molecule has 59 heavy (non-hydrogen) atoms. The second kappa shape index (κ2) is 16.0. The van der Waals surface area contributed by atoms with Gasteiger partial charge in [-0.2, -0.15) is 5.26 Å². The van der Waals surface area contributed by atoms with Gasteiger partial charge in [-0.1, -0.05) is 30.7 Å². The number of carbonyl (C=O) groups is 1. The minimum Gasteiger partial charge on any atom is -0.490 e. The fraction of sp³-hybridized carbons (Fsp3) is 0.444. The number of hydrogen-bond acceptors (Lipinski definition) is 11. The first-order chi connectivity index (χ1) is 28.6. The van der Waals surface area contributed by atoms with Crippen LogP contribution in [0.2, 0.25) is 5.02 Å². The normalized spacial score (nSPS) is 21.0. The monoisotopic (exact) mass is 828 g/mol. The van der Waals surface area contributed by atoms with E-state index in [0.29, 0.717) is 22.0 Å². The zero-order chi connectivity index (χ0) is 40.8. The van der Waals surface area contributed by atoms with E-state index in [9.17, 15) is 4.79 Å². The predicted molar refractivity (Wildman–Crippen MR) is 232 cm³/mol. The molecule has 304 valence electrons. The highest BCUT2D eigenvalue weighted by molar-refractivity contribution is 7.15. The van der Waals surface area contributed by atoms with Crippen LogP contribution in [-0.2, 0) is 0 Å². The Morgan fingerprint density at radius 1 is 0.949 bits per heavy atom. The van der Waals surface area contributed by atoms with Crippen LogP contribution in [0.3, 0.4) is 0 Å². The van der Waals surface area contributed by atoms with Gasteiger partial charge in [0.05, 0.1) is 22.4 Å². The first-order valence-corrected chi connectivity index (χ1v) is 22.0. The molecule has 5 aromatic rings. The van der Waals surface area contributed by atoms with Gasteiger partial charge in [-0.15, -0.1) is 31.7 Å². The van der Waals surface area contributed by atoms with Gasteiger partial charge in [-0.3, -0.25) is 14.4 Å². The highest BCUT2D eigenvalue weighted by atomic mass is 35.5. The molecule has 0 unspecified atom stereocenters. The van der Waals surface area contributed by atoms with Gasteiger partial charge in [0.1, 0.15) is 28.7 Å². The van der Waals surface area contributed by atoms with Crippen molar-refractivity contribution < 1.29 is 9.53 Å². The summed E-state index contributed by atoms with van der Waals surface area (Å²) in [7, 11) is 0. The number of halogens is 1. The third-order valence-electron chi connectivity index (χ3n) is 13.0. The number of ether oxygens (including phenoxy) is 1. The third-order valence-corrected chi connectivity index (χ3v) is 14.5. The van der Waals surface area contributed by atoms with E-state index < -0.39 is 0 Å². The number of nitriles is 1. The van der Waals surface area contributed by atoms with Crippen molar-refractivity contribution in [1.82, 2.24) is 30.3 Å². The fourth-order valence-corrected chi connectivity index (χ4v) is 10.7.